The molecule has 0 bridgehead atoms. The van der Waals surface area contributed by atoms with Gasteiger partial charge in [-0.1, -0.05) is 18.2 Å². The summed E-state index contributed by atoms with van der Waals surface area (Å²) in [6, 6.07) is 11.9. The second-order valence-electron chi connectivity index (χ2n) is 7.08. The number of halogens is 1. The molecule has 2 aromatic rings. The molecule has 2 heterocycles. The van der Waals surface area contributed by atoms with Crippen LogP contribution in [-0.4, -0.2) is 32.5 Å². The van der Waals surface area contributed by atoms with Crippen LogP contribution in [0.4, 0.5) is 0 Å². The Morgan fingerprint density at radius 2 is 1.93 bits per heavy atom. The molecule has 142 valence electrons. The molecule has 4 rings (SSSR count). The molecule has 5 nitrogen and oxygen atoms in total. The van der Waals surface area contributed by atoms with Crippen LogP contribution in [0.3, 0.4) is 0 Å². The highest BCUT2D eigenvalue weighted by molar-refractivity contribution is 14.1. The van der Waals surface area contributed by atoms with Crippen LogP contribution in [0.25, 0.3) is 0 Å². The number of ether oxygens (including phenoxy) is 3. The maximum absolute atomic E-state index is 12.8. The molecule has 1 fully saturated rings. The molecule has 0 saturated carbocycles. The van der Waals surface area contributed by atoms with Gasteiger partial charge >= 0.3 is 0 Å². The van der Waals surface area contributed by atoms with E-state index in [9.17, 15) is 4.79 Å². The van der Waals surface area contributed by atoms with Gasteiger partial charge in [0.15, 0.2) is 11.5 Å². The fourth-order valence-electron chi connectivity index (χ4n) is 3.72. The largest absolute Gasteiger partial charge is 0.454 e. The fourth-order valence-corrected chi connectivity index (χ4v) is 4.33. The number of hydrogen-bond acceptors (Lipinski definition) is 4. The predicted molar refractivity (Wildman–Crippen MR) is 111 cm³/mol. The number of carbonyl (C=O) groups excluding carboxylic acids is 1. The minimum absolute atomic E-state index is 0.0327. The summed E-state index contributed by atoms with van der Waals surface area (Å²) in [7, 11) is 0. The van der Waals surface area contributed by atoms with Crippen molar-refractivity contribution in [2.75, 3.05) is 26.6 Å². The molecule has 0 aliphatic carbocycles. The number of benzene rings is 2. The van der Waals surface area contributed by atoms with Crippen molar-refractivity contribution in [1.82, 2.24) is 5.32 Å². The highest BCUT2D eigenvalue weighted by Crippen LogP contribution is 2.40. The standard InChI is InChI=1S/C21H22INO4/c1-14-3-2-4-16(19(14)22)20(24)23-12-21(7-9-25-10-8-21)15-5-6-17-18(11-15)27-13-26-17/h2-6,11H,7-10,12-13H2,1H3,(H,23,24). The maximum atomic E-state index is 12.8. The Kier molecular flexibility index (Phi) is 5.27. The van der Waals surface area contributed by atoms with Gasteiger partial charge in [0, 0.05) is 28.7 Å². The number of rotatable bonds is 4. The Hall–Kier alpha value is -1.80. The van der Waals surface area contributed by atoms with Gasteiger partial charge in [-0.05, 0) is 71.7 Å². The lowest BCUT2D eigenvalue weighted by Crippen LogP contribution is -2.44. The predicted octanol–water partition coefficient (Wildman–Crippen LogP) is 3.81. The summed E-state index contributed by atoms with van der Waals surface area (Å²) >= 11 is 2.24. The van der Waals surface area contributed by atoms with E-state index in [4.69, 9.17) is 14.2 Å². The molecule has 0 atom stereocenters. The lowest BCUT2D eigenvalue weighted by Gasteiger charge is -2.38. The van der Waals surface area contributed by atoms with Gasteiger partial charge in [-0.2, -0.15) is 0 Å². The van der Waals surface area contributed by atoms with Crippen molar-refractivity contribution >= 4 is 28.5 Å². The lowest BCUT2D eigenvalue weighted by atomic mass is 9.74. The van der Waals surface area contributed by atoms with E-state index in [1.165, 1.54) is 0 Å². The molecule has 0 aromatic heterocycles. The monoisotopic (exact) mass is 479 g/mol. The van der Waals surface area contributed by atoms with Crippen LogP contribution in [0.1, 0.15) is 34.3 Å². The lowest BCUT2D eigenvalue weighted by molar-refractivity contribution is 0.0486. The number of nitrogens with one attached hydrogen (secondary N) is 1. The number of hydrogen-bond donors (Lipinski definition) is 1. The van der Waals surface area contributed by atoms with Crippen molar-refractivity contribution in [3.63, 3.8) is 0 Å². The molecule has 0 spiro atoms. The van der Waals surface area contributed by atoms with Gasteiger partial charge in [0.2, 0.25) is 6.79 Å². The van der Waals surface area contributed by atoms with E-state index < -0.39 is 0 Å². The zero-order chi connectivity index (χ0) is 18.9. The van der Waals surface area contributed by atoms with Crippen molar-refractivity contribution in [1.29, 1.82) is 0 Å². The molecule has 27 heavy (non-hydrogen) atoms. The van der Waals surface area contributed by atoms with Crippen LogP contribution in [0.2, 0.25) is 0 Å². The fraction of sp³-hybridized carbons (Fsp3) is 0.381. The van der Waals surface area contributed by atoms with Crippen LogP contribution in [0.15, 0.2) is 36.4 Å². The second-order valence-corrected chi connectivity index (χ2v) is 8.16. The molecule has 6 heteroatoms. The van der Waals surface area contributed by atoms with E-state index in [1.807, 2.05) is 31.2 Å². The van der Waals surface area contributed by atoms with E-state index in [1.54, 1.807) is 0 Å². The van der Waals surface area contributed by atoms with Crippen LogP contribution in [-0.2, 0) is 10.2 Å². The van der Waals surface area contributed by atoms with Crippen LogP contribution in [0, 0.1) is 10.5 Å². The average Bonchev–Trinajstić information content (AvgIpc) is 3.17. The first-order valence-electron chi connectivity index (χ1n) is 9.10. The summed E-state index contributed by atoms with van der Waals surface area (Å²) in [5.74, 6) is 1.52. The quantitative estimate of drug-likeness (QED) is 0.678. The summed E-state index contributed by atoms with van der Waals surface area (Å²) < 4.78 is 17.6. The van der Waals surface area contributed by atoms with E-state index in [-0.39, 0.29) is 18.1 Å². The van der Waals surface area contributed by atoms with Gasteiger partial charge in [0.1, 0.15) is 0 Å². The number of aryl methyl sites for hydroxylation is 1. The van der Waals surface area contributed by atoms with E-state index in [0.29, 0.717) is 19.8 Å². The normalized spacial score (nSPS) is 17.6. The summed E-state index contributed by atoms with van der Waals surface area (Å²) in [5.41, 5.74) is 2.84. The first kappa shape index (κ1) is 18.6. The molecule has 1 amide bonds. The van der Waals surface area contributed by atoms with Gasteiger partial charge in [-0.25, -0.2) is 0 Å². The topological polar surface area (TPSA) is 56.8 Å². The molecule has 2 aliphatic heterocycles. The Morgan fingerprint density at radius 1 is 1.15 bits per heavy atom. The zero-order valence-corrected chi connectivity index (χ0v) is 17.4. The van der Waals surface area contributed by atoms with Crippen LogP contribution in [0.5, 0.6) is 11.5 Å². The van der Waals surface area contributed by atoms with Crippen molar-refractivity contribution < 1.29 is 19.0 Å². The minimum atomic E-state index is -0.163. The molecule has 1 saturated heterocycles. The Morgan fingerprint density at radius 3 is 2.74 bits per heavy atom. The first-order valence-corrected chi connectivity index (χ1v) is 10.2. The molecular weight excluding hydrogens is 457 g/mol. The Labute approximate surface area is 172 Å². The number of amides is 1. The van der Waals surface area contributed by atoms with E-state index >= 15 is 0 Å². The summed E-state index contributed by atoms with van der Waals surface area (Å²) in [6.07, 6.45) is 1.72. The maximum Gasteiger partial charge on any atom is 0.252 e. The molecule has 0 unspecified atom stereocenters. The Bertz CT molecular complexity index is 861. The van der Waals surface area contributed by atoms with E-state index in [0.717, 1.165) is 44.6 Å². The third-order valence-electron chi connectivity index (χ3n) is 5.46. The molecular formula is C21H22INO4. The van der Waals surface area contributed by atoms with Gasteiger partial charge in [0.05, 0.1) is 5.56 Å². The van der Waals surface area contributed by atoms with Gasteiger partial charge in [0.25, 0.3) is 5.91 Å². The first-order chi connectivity index (χ1) is 13.1. The van der Waals surface area contributed by atoms with Crippen LogP contribution >= 0.6 is 22.6 Å². The highest BCUT2D eigenvalue weighted by Gasteiger charge is 2.36. The summed E-state index contributed by atoms with van der Waals surface area (Å²) in [4.78, 5) is 12.8. The zero-order valence-electron chi connectivity index (χ0n) is 15.2. The van der Waals surface area contributed by atoms with Gasteiger partial charge in [-0.3, -0.25) is 4.79 Å². The van der Waals surface area contributed by atoms with Gasteiger partial charge < -0.3 is 19.5 Å². The van der Waals surface area contributed by atoms with E-state index in [2.05, 4.69) is 40.0 Å². The van der Waals surface area contributed by atoms with Crippen molar-refractivity contribution in [3.8, 4) is 11.5 Å². The SMILES string of the molecule is Cc1cccc(C(=O)NCC2(c3ccc4c(c3)OCO4)CCOCC2)c1I. The van der Waals surface area contributed by atoms with Crippen LogP contribution < -0.4 is 14.8 Å². The molecule has 0 radical (unpaired) electrons. The van der Waals surface area contributed by atoms with Crippen molar-refractivity contribution in [3.05, 3.63) is 56.7 Å². The third-order valence-corrected chi connectivity index (χ3v) is 6.89. The van der Waals surface area contributed by atoms with Gasteiger partial charge in [-0.15, -0.1) is 0 Å². The third kappa shape index (κ3) is 3.65. The van der Waals surface area contributed by atoms with Crippen molar-refractivity contribution in [2.24, 2.45) is 0 Å². The average molecular weight is 479 g/mol. The van der Waals surface area contributed by atoms with Crippen molar-refractivity contribution in [2.45, 2.75) is 25.2 Å². The molecule has 1 N–H and O–H groups in total. The molecule has 2 aromatic carbocycles. The molecule has 2 aliphatic rings. The number of carbonyl (C=O) groups is 1. The number of fused-ring (bicyclic) bond motifs is 1. The Balaban J connectivity index is 1.57. The summed E-state index contributed by atoms with van der Waals surface area (Å²) in [6.45, 7) is 4.22. The highest BCUT2D eigenvalue weighted by atomic mass is 127. The minimum Gasteiger partial charge on any atom is -0.454 e. The summed E-state index contributed by atoms with van der Waals surface area (Å²) in [5, 5.41) is 3.17. The second kappa shape index (κ2) is 7.67. The smallest absolute Gasteiger partial charge is 0.252 e.